The van der Waals surface area contributed by atoms with Crippen molar-refractivity contribution >= 4 is 11.6 Å². The average Bonchev–Trinajstić information content (AvgIpc) is 2.52. The Balaban J connectivity index is 2.41. The fourth-order valence-corrected chi connectivity index (χ4v) is 2.32. The van der Waals surface area contributed by atoms with Crippen LogP contribution >= 0.6 is 0 Å². The van der Waals surface area contributed by atoms with Crippen molar-refractivity contribution in [2.24, 2.45) is 5.92 Å². The number of unbranched alkanes of at least 4 members (excludes halogenated alkanes) is 1. The van der Waals surface area contributed by atoms with Gasteiger partial charge in [0.15, 0.2) is 6.61 Å². The molecule has 23 heavy (non-hydrogen) atoms. The van der Waals surface area contributed by atoms with E-state index < -0.39 is 4.92 Å². The van der Waals surface area contributed by atoms with Gasteiger partial charge in [-0.2, -0.15) is 0 Å². The topological polar surface area (TPSA) is 81.5 Å². The minimum Gasteiger partial charge on any atom is -0.484 e. The molecule has 0 saturated heterocycles. The van der Waals surface area contributed by atoms with Crippen LogP contribution in [0.2, 0.25) is 0 Å². The van der Waals surface area contributed by atoms with Crippen LogP contribution in [0.1, 0.15) is 45.1 Å². The predicted molar refractivity (Wildman–Crippen MR) is 89.6 cm³/mol. The maximum Gasteiger partial charge on any atom is 0.272 e. The summed E-state index contributed by atoms with van der Waals surface area (Å²) in [7, 11) is 0. The molecule has 0 saturated carbocycles. The third-order valence-electron chi connectivity index (χ3n) is 3.87. The number of carbonyl (C=O) groups excluding carboxylic acids is 1. The smallest absolute Gasteiger partial charge is 0.272 e. The molecule has 1 aromatic carbocycles. The number of hydrogen-bond donors (Lipinski definition) is 1. The summed E-state index contributed by atoms with van der Waals surface area (Å²) in [6.07, 6.45) is 4.50. The molecule has 1 aromatic rings. The molecule has 1 unspecified atom stereocenters. The predicted octanol–water partition coefficient (Wildman–Crippen LogP) is 3.61. The van der Waals surface area contributed by atoms with Crippen molar-refractivity contribution in [1.82, 2.24) is 5.32 Å². The van der Waals surface area contributed by atoms with Gasteiger partial charge in [-0.25, -0.2) is 0 Å². The van der Waals surface area contributed by atoms with Gasteiger partial charge in [0, 0.05) is 18.2 Å². The van der Waals surface area contributed by atoms with Gasteiger partial charge in [0.2, 0.25) is 0 Å². The van der Waals surface area contributed by atoms with Crippen LogP contribution in [0.15, 0.2) is 18.2 Å². The van der Waals surface area contributed by atoms with E-state index in [0.717, 1.165) is 19.3 Å². The molecule has 0 aliphatic carbocycles. The first-order chi connectivity index (χ1) is 11.0. The molecule has 6 heteroatoms. The highest BCUT2D eigenvalue weighted by molar-refractivity contribution is 5.77. The van der Waals surface area contributed by atoms with E-state index in [1.165, 1.54) is 18.6 Å². The minimum absolute atomic E-state index is 0.0449. The zero-order valence-corrected chi connectivity index (χ0v) is 14.1. The third kappa shape index (κ3) is 6.67. The fraction of sp³-hybridized carbons (Fsp3) is 0.588. The monoisotopic (exact) mass is 322 g/mol. The molecule has 6 nitrogen and oxygen atoms in total. The standard InChI is InChI=1S/C17H26N2O4/c1-4-6-7-14(5-2)11-18-17(20)12-23-15-8-9-16(19(21)22)13(3)10-15/h8-10,14H,4-7,11-12H2,1-3H3,(H,18,20). The normalized spacial score (nSPS) is 11.8. The number of aryl methyl sites for hydroxylation is 1. The maximum absolute atomic E-state index is 11.8. The Hall–Kier alpha value is -2.11. The number of nitro groups is 1. The van der Waals surface area contributed by atoms with Crippen LogP contribution in [0.5, 0.6) is 5.75 Å². The van der Waals surface area contributed by atoms with Gasteiger partial charge in [0.05, 0.1) is 4.92 Å². The first-order valence-electron chi connectivity index (χ1n) is 8.12. The van der Waals surface area contributed by atoms with Crippen molar-refractivity contribution in [2.45, 2.75) is 46.5 Å². The zero-order valence-electron chi connectivity index (χ0n) is 14.1. The first-order valence-corrected chi connectivity index (χ1v) is 8.12. The van der Waals surface area contributed by atoms with Crippen LogP contribution in [0.4, 0.5) is 5.69 Å². The van der Waals surface area contributed by atoms with Gasteiger partial charge in [-0.1, -0.05) is 33.1 Å². The molecule has 0 fully saturated rings. The molecule has 0 spiro atoms. The molecule has 0 bridgehead atoms. The quantitative estimate of drug-likeness (QED) is 0.527. The second-order valence-corrected chi connectivity index (χ2v) is 5.71. The van der Waals surface area contributed by atoms with Gasteiger partial charge in [-0.3, -0.25) is 14.9 Å². The lowest BCUT2D eigenvalue weighted by Gasteiger charge is -2.15. The van der Waals surface area contributed by atoms with Crippen LogP contribution in [0.25, 0.3) is 0 Å². The van der Waals surface area contributed by atoms with Crippen molar-refractivity contribution in [3.8, 4) is 5.75 Å². The first kappa shape index (κ1) is 18.9. The summed E-state index contributed by atoms with van der Waals surface area (Å²) in [5.41, 5.74) is 0.557. The van der Waals surface area contributed by atoms with Crippen LogP contribution in [0.3, 0.4) is 0 Å². The van der Waals surface area contributed by atoms with Crippen LogP contribution in [-0.4, -0.2) is 24.0 Å². The molecule has 0 aliphatic rings. The number of ether oxygens (including phenoxy) is 1. The molecule has 1 N–H and O–H groups in total. The number of nitro benzene ring substituents is 1. The molecule has 128 valence electrons. The molecule has 1 atom stereocenters. The number of carbonyl (C=O) groups is 1. The Morgan fingerprint density at radius 1 is 1.39 bits per heavy atom. The van der Waals surface area contributed by atoms with E-state index >= 15 is 0 Å². The summed E-state index contributed by atoms with van der Waals surface area (Å²) in [6, 6.07) is 4.47. The average molecular weight is 322 g/mol. The fourth-order valence-electron chi connectivity index (χ4n) is 2.32. The van der Waals surface area contributed by atoms with Crippen molar-refractivity contribution < 1.29 is 14.5 Å². The van der Waals surface area contributed by atoms with Crippen molar-refractivity contribution in [3.63, 3.8) is 0 Å². The number of amides is 1. The molecule has 0 aromatic heterocycles. The Labute approximate surface area is 137 Å². The van der Waals surface area contributed by atoms with E-state index in [-0.39, 0.29) is 18.2 Å². The molecule has 0 heterocycles. The second kappa shape index (κ2) is 9.82. The summed E-state index contributed by atoms with van der Waals surface area (Å²) in [4.78, 5) is 22.1. The lowest BCUT2D eigenvalue weighted by Crippen LogP contribution is -2.33. The molecule has 0 aliphatic heterocycles. The van der Waals surface area contributed by atoms with E-state index in [4.69, 9.17) is 4.74 Å². The Morgan fingerprint density at radius 3 is 2.70 bits per heavy atom. The minimum atomic E-state index is -0.437. The van der Waals surface area contributed by atoms with Crippen LogP contribution < -0.4 is 10.1 Å². The highest BCUT2D eigenvalue weighted by Gasteiger charge is 2.12. The van der Waals surface area contributed by atoms with Gasteiger partial charge in [-0.05, 0) is 31.4 Å². The van der Waals surface area contributed by atoms with Crippen molar-refractivity contribution in [2.75, 3.05) is 13.2 Å². The summed E-state index contributed by atoms with van der Waals surface area (Å²) in [5, 5.41) is 13.6. The largest absolute Gasteiger partial charge is 0.484 e. The van der Waals surface area contributed by atoms with E-state index in [0.29, 0.717) is 23.8 Å². The molecule has 1 rings (SSSR count). The van der Waals surface area contributed by atoms with Gasteiger partial charge >= 0.3 is 0 Å². The highest BCUT2D eigenvalue weighted by Crippen LogP contribution is 2.22. The van der Waals surface area contributed by atoms with E-state index in [9.17, 15) is 14.9 Å². The lowest BCUT2D eigenvalue weighted by molar-refractivity contribution is -0.385. The Kier molecular flexibility index (Phi) is 8.08. The van der Waals surface area contributed by atoms with Crippen molar-refractivity contribution in [3.05, 3.63) is 33.9 Å². The highest BCUT2D eigenvalue weighted by atomic mass is 16.6. The SMILES string of the molecule is CCCCC(CC)CNC(=O)COc1ccc([N+](=O)[O-])c(C)c1. The van der Waals surface area contributed by atoms with Crippen molar-refractivity contribution in [1.29, 1.82) is 0 Å². The van der Waals surface area contributed by atoms with Crippen LogP contribution in [0, 0.1) is 23.0 Å². The van der Waals surface area contributed by atoms with Gasteiger partial charge in [0.1, 0.15) is 5.75 Å². The molecule has 0 radical (unpaired) electrons. The second-order valence-electron chi connectivity index (χ2n) is 5.71. The molecular formula is C17H26N2O4. The Bertz CT molecular complexity index is 531. The number of nitrogens with zero attached hydrogens (tertiary/aromatic N) is 1. The van der Waals surface area contributed by atoms with E-state index in [1.54, 1.807) is 13.0 Å². The van der Waals surface area contributed by atoms with Crippen LogP contribution in [-0.2, 0) is 4.79 Å². The summed E-state index contributed by atoms with van der Waals surface area (Å²) >= 11 is 0. The van der Waals surface area contributed by atoms with E-state index in [2.05, 4.69) is 19.2 Å². The summed E-state index contributed by atoms with van der Waals surface area (Å²) < 4.78 is 5.40. The third-order valence-corrected chi connectivity index (χ3v) is 3.87. The number of hydrogen-bond acceptors (Lipinski definition) is 4. The molecule has 1 amide bonds. The van der Waals surface area contributed by atoms with Gasteiger partial charge in [0.25, 0.3) is 11.6 Å². The van der Waals surface area contributed by atoms with Gasteiger partial charge < -0.3 is 10.1 Å². The Morgan fingerprint density at radius 2 is 2.13 bits per heavy atom. The van der Waals surface area contributed by atoms with E-state index in [1.807, 2.05) is 0 Å². The van der Waals surface area contributed by atoms with Gasteiger partial charge in [-0.15, -0.1) is 0 Å². The lowest BCUT2D eigenvalue weighted by atomic mass is 9.99. The zero-order chi connectivity index (χ0) is 17.2. The number of benzene rings is 1. The number of rotatable bonds is 10. The summed E-state index contributed by atoms with van der Waals surface area (Å²) in [6.45, 7) is 6.51. The maximum atomic E-state index is 11.8. The molecular weight excluding hydrogens is 296 g/mol. The number of nitrogens with one attached hydrogen (secondary N) is 1. The summed E-state index contributed by atoms with van der Waals surface area (Å²) in [5.74, 6) is 0.790.